The van der Waals surface area contributed by atoms with Crippen molar-refractivity contribution >= 4 is 28.5 Å². The van der Waals surface area contributed by atoms with E-state index in [1.54, 1.807) is 22.8 Å². The molecule has 0 radical (unpaired) electrons. The molecule has 0 spiro atoms. The Bertz CT molecular complexity index is 1600. The van der Waals surface area contributed by atoms with Crippen LogP contribution in [0.2, 0.25) is 0 Å². The van der Waals surface area contributed by atoms with Gasteiger partial charge in [-0.1, -0.05) is 78.0 Å². The van der Waals surface area contributed by atoms with Gasteiger partial charge in [0, 0.05) is 12.2 Å². The molecule has 0 aliphatic carbocycles. The quantitative estimate of drug-likeness (QED) is 0.301. The Morgan fingerprint density at radius 1 is 0.923 bits per heavy atom. The van der Waals surface area contributed by atoms with Gasteiger partial charge in [0.15, 0.2) is 0 Å². The molecule has 1 unspecified atom stereocenters. The van der Waals surface area contributed by atoms with Gasteiger partial charge in [0.2, 0.25) is 11.8 Å². The first-order valence-corrected chi connectivity index (χ1v) is 12.7. The lowest BCUT2D eigenvalue weighted by Gasteiger charge is -2.32. The van der Waals surface area contributed by atoms with E-state index in [9.17, 15) is 9.59 Å². The van der Waals surface area contributed by atoms with Crippen LogP contribution in [0.3, 0.4) is 0 Å². The largest absolute Gasteiger partial charge is 0.497 e. The number of aryl methyl sites for hydroxylation is 1. The normalized spacial score (nSPS) is 11.6. The average molecular weight is 520 g/mol. The molecule has 1 heterocycles. The number of rotatable bonds is 9. The van der Waals surface area contributed by atoms with E-state index >= 15 is 0 Å². The first-order chi connectivity index (χ1) is 19.0. The minimum Gasteiger partial charge on any atom is -0.497 e. The molecule has 0 fully saturated rings. The summed E-state index contributed by atoms with van der Waals surface area (Å²) in [5.74, 6) is -0.0254. The number of ether oxygens (including phenoxy) is 1. The van der Waals surface area contributed by atoms with Gasteiger partial charge in [0.05, 0.1) is 12.6 Å². The number of fused-ring (bicyclic) bond motifs is 1. The summed E-state index contributed by atoms with van der Waals surface area (Å²) >= 11 is 0. The third-order valence-corrected chi connectivity index (χ3v) is 6.57. The van der Waals surface area contributed by atoms with Crippen molar-refractivity contribution in [1.82, 2.24) is 20.3 Å². The molecular weight excluding hydrogens is 490 g/mol. The Hall–Kier alpha value is -4.98. The van der Waals surface area contributed by atoms with Crippen molar-refractivity contribution in [3.05, 3.63) is 120 Å². The SMILES string of the molecule is COc1cccc(C(C(=O)NCc2ccccc2)N(C(=O)Cn2nnc3ccccc32)c2ccccc2C)c1. The number of para-hydroxylation sites is 2. The predicted octanol–water partition coefficient (Wildman–Crippen LogP) is 4.84. The minimum atomic E-state index is -0.966. The number of hydrogen-bond acceptors (Lipinski definition) is 5. The molecule has 1 N–H and O–H groups in total. The summed E-state index contributed by atoms with van der Waals surface area (Å²) in [6, 6.07) is 30.9. The Morgan fingerprint density at radius 3 is 2.46 bits per heavy atom. The lowest BCUT2D eigenvalue weighted by molar-refractivity contribution is -0.127. The number of aromatic nitrogens is 3. The fourth-order valence-electron chi connectivity index (χ4n) is 4.60. The summed E-state index contributed by atoms with van der Waals surface area (Å²) < 4.78 is 7.02. The van der Waals surface area contributed by atoms with Crippen LogP contribution in [0.25, 0.3) is 11.0 Å². The maximum atomic E-state index is 14.2. The molecule has 1 atom stereocenters. The number of benzene rings is 4. The van der Waals surface area contributed by atoms with Gasteiger partial charge in [0.25, 0.3) is 0 Å². The molecule has 5 aromatic rings. The summed E-state index contributed by atoms with van der Waals surface area (Å²) in [4.78, 5) is 29.7. The number of hydrogen-bond donors (Lipinski definition) is 1. The Balaban J connectivity index is 1.58. The predicted molar refractivity (Wildman–Crippen MR) is 150 cm³/mol. The average Bonchev–Trinajstić information content (AvgIpc) is 3.38. The molecule has 0 saturated heterocycles. The van der Waals surface area contributed by atoms with Crippen molar-refractivity contribution in [2.75, 3.05) is 12.0 Å². The summed E-state index contributed by atoms with van der Waals surface area (Å²) in [5, 5.41) is 11.4. The van der Waals surface area contributed by atoms with Crippen LogP contribution in [-0.2, 0) is 22.7 Å². The number of carbonyl (C=O) groups excluding carboxylic acids is 2. The topological polar surface area (TPSA) is 89.4 Å². The summed E-state index contributed by atoms with van der Waals surface area (Å²) in [6.07, 6.45) is 0. The second-order valence-corrected chi connectivity index (χ2v) is 9.17. The van der Waals surface area contributed by atoms with E-state index in [1.807, 2.05) is 104 Å². The van der Waals surface area contributed by atoms with Crippen LogP contribution in [0.1, 0.15) is 22.7 Å². The standard InChI is InChI=1S/C31H29N5O3/c1-22-11-6-8-17-27(22)36(29(37)21-35-28-18-9-7-16-26(28)33-34-35)30(24-14-10-15-25(19-24)39-2)31(38)32-20-23-12-4-3-5-13-23/h3-19,30H,20-21H2,1-2H3,(H,32,38). The van der Waals surface area contributed by atoms with Crippen molar-refractivity contribution < 1.29 is 14.3 Å². The molecule has 8 heteroatoms. The van der Waals surface area contributed by atoms with Crippen molar-refractivity contribution in [3.63, 3.8) is 0 Å². The second-order valence-electron chi connectivity index (χ2n) is 9.17. The number of nitrogens with one attached hydrogen (secondary N) is 1. The third-order valence-electron chi connectivity index (χ3n) is 6.57. The van der Waals surface area contributed by atoms with Crippen LogP contribution in [0.5, 0.6) is 5.75 Å². The molecule has 39 heavy (non-hydrogen) atoms. The molecule has 0 aliphatic heterocycles. The van der Waals surface area contributed by atoms with Gasteiger partial charge in [-0.3, -0.25) is 14.5 Å². The van der Waals surface area contributed by atoms with Crippen molar-refractivity contribution in [3.8, 4) is 5.75 Å². The van der Waals surface area contributed by atoms with Gasteiger partial charge in [-0.25, -0.2) is 4.68 Å². The van der Waals surface area contributed by atoms with E-state index < -0.39 is 6.04 Å². The summed E-state index contributed by atoms with van der Waals surface area (Å²) in [5.41, 5.74) is 4.51. The molecular formula is C31H29N5O3. The molecule has 1 aromatic heterocycles. The van der Waals surface area contributed by atoms with E-state index in [0.29, 0.717) is 29.1 Å². The lowest BCUT2D eigenvalue weighted by Crippen LogP contribution is -2.45. The first-order valence-electron chi connectivity index (χ1n) is 12.7. The van der Waals surface area contributed by atoms with Crippen LogP contribution in [0.4, 0.5) is 5.69 Å². The maximum absolute atomic E-state index is 14.2. The van der Waals surface area contributed by atoms with E-state index in [-0.39, 0.29) is 18.4 Å². The van der Waals surface area contributed by atoms with E-state index in [0.717, 1.165) is 16.6 Å². The number of amides is 2. The van der Waals surface area contributed by atoms with E-state index in [1.165, 1.54) is 0 Å². The lowest BCUT2D eigenvalue weighted by atomic mass is 10.0. The fraction of sp³-hybridized carbons (Fsp3) is 0.161. The number of anilines is 1. The Kier molecular flexibility index (Phi) is 7.63. The zero-order valence-corrected chi connectivity index (χ0v) is 21.8. The molecule has 0 saturated carbocycles. The molecule has 5 rings (SSSR count). The number of nitrogens with zero attached hydrogens (tertiary/aromatic N) is 4. The van der Waals surface area contributed by atoms with Crippen molar-refractivity contribution in [2.24, 2.45) is 0 Å². The van der Waals surface area contributed by atoms with Gasteiger partial charge in [-0.05, 0) is 53.9 Å². The van der Waals surface area contributed by atoms with Gasteiger partial charge in [-0.15, -0.1) is 5.10 Å². The summed E-state index contributed by atoms with van der Waals surface area (Å²) in [6.45, 7) is 2.15. The molecule has 8 nitrogen and oxygen atoms in total. The summed E-state index contributed by atoms with van der Waals surface area (Å²) in [7, 11) is 1.57. The first kappa shape index (κ1) is 25.7. The third kappa shape index (κ3) is 5.65. The zero-order valence-electron chi connectivity index (χ0n) is 21.8. The molecule has 2 amide bonds. The highest BCUT2D eigenvalue weighted by atomic mass is 16.5. The monoisotopic (exact) mass is 519 g/mol. The smallest absolute Gasteiger partial charge is 0.249 e. The maximum Gasteiger partial charge on any atom is 0.249 e. The molecule has 4 aromatic carbocycles. The highest BCUT2D eigenvalue weighted by Gasteiger charge is 2.34. The van der Waals surface area contributed by atoms with Crippen LogP contribution < -0.4 is 15.0 Å². The Labute approximate surface area is 226 Å². The Morgan fingerprint density at radius 2 is 1.67 bits per heavy atom. The number of carbonyl (C=O) groups is 2. The van der Waals surface area contributed by atoms with Crippen LogP contribution >= 0.6 is 0 Å². The highest BCUT2D eigenvalue weighted by Crippen LogP contribution is 2.32. The van der Waals surface area contributed by atoms with Crippen LogP contribution in [0, 0.1) is 6.92 Å². The van der Waals surface area contributed by atoms with Gasteiger partial charge < -0.3 is 10.1 Å². The van der Waals surface area contributed by atoms with Crippen LogP contribution in [0.15, 0.2) is 103 Å². The molecule has 196 valence electrons. The van der Waals surface area contributed by atoms with Gasteiger partial charge in [0.1, 0.15) is 23.9 Å². The highest BCUT2D eigenvalue weighted by molar-refractivity contribution is 6.02. The fourth-order valence-corrected chi connectivity index (χ4v) is 4.60. The molecule has 0 bridgehead atoms. The van der Waals surface area contributed by atoms with Crippen molar-refractivity contribution in [2.45, 2.75) is 26.1 Å². The van der Waals surface area contributed by atoms with Gasteiger partial charge in [-0.2, -0.15) is 0 Å². The minimum absolute atomic E-state index is 0.0960. The number of methoxy groups -OCH3 is 1. The van der Waals surface area contributed by atoms with E-state index in [4.69, 9.17) is 4.74 Å². The van der Waals surface area contributed by atoms with E-state index in [2.05, 4.69) is 15.6 Å². The zero-order chi connectivity index (χ0) is 27.2. The van der Waals surface area contributed by atoms with Crippen molar-refractivity contribution in [1.29, 1.82) is 0 Å². The van der Waals surface area contributed by atoms with Crippen LogP contribution in [-0.4, -0.2) is 33.9 Å². The van der Waals surface area contributed by atoms with Gasteiger partial charge >= 0.3 is 0 Å². The second kappa shape index (κ2) is 11.6. The molecule has 0 aliphatic rings.